The van der Waals surface area contributed by atoms with Crippen LogP contribution in [0, 0.1) is 0 Å². The van der Waals surface area contributed by atoms with Gasteiger partial charge in [0.25, 0.3) is 0 Å². The molecule has 0 aliphatic rings. The number of para-hydroxylation sites is 1. The Kier molecular flexibility index (Phi) is 6.55. The number of fused-ring (bicyclic) bond motifs is 1. The van der Waals surface area contributed by atoms with Gasteiger partial charge in [-0.25, -0.2) is 0 Å². The summed E-state index contributed by atoms with van der Waals surface area (Å²) in [7, 11) is 0. The number of pyridine rings is 1. The van der Waals surface area contributed by atoms with E-state index in [4.69, 9.17) is 0 Å². The number of aromatic nitrogens is 2. The van der Waals surface area contributed by atoms with Crippen molar-refractivity contribution in [2.24, 2.45) is 0 Å². The fraction of sp³-hybridized carbons (Fsp3) is 0.231. The Bertz CT molecular complexity index is 1070. The van der Waals surface area contributed by atoms with E-state index in [1.165, 1.54) is 16.5 Å². The Morgan fingerprint density at radius 2 is 1.73 bits per heavy atom. The first-order valence-corrected chi connectivity index (χ1v) is 10.6. The molecule has 0 aliphatic heterocycles. The van der Waals surface area contributed by atoms with Gasteiger partial charge in [-0.15, -0.1) is 0 Å². The summed E-state index contributed by atoms with van der Waals surface area (Å²) >= 11 is 0. The Labute approximate surface area is 177 Å². The highest BCUT2D eigenvalue weighted by Gasteiger charge is 2.19. The fourth-order valence-corrected chi connectivity index (χ4v) is 3.96. The topological polar surface area (TPSA) is 57.8 Å². The maximum atomic E-state index is 12.7. The van der Waals surface area contributed by atoms with Crippen LogP contribution in [-0.4, -0.2) is 22.4 Å². The van der Waals surface area contributed by atoms with E-state index in [9.17, 15) is 4.79 Å². The van der Waals surface area contributed by atoms with Crippen LogP contribution in [0.3, 0.4) is 0 Å². The second-order valence-electron chi connectivity index (χ2n) is 7.64. The number of carbonyl (C=O) groups excluding carboxylic acids is 1. The van der Waals surface area contributed by atoms with E-state index in [-0.39, 0.29) is 11.8 Å². The van der Waals surface area contributed by atoms with Gasteiger partial charge in [0.2, 0.25) is 5.91 Å². The van der Waals surface area contributed by atoms with Gasteiger partial charge < -0.3 is 10.3 Å². The quantitative estimate of drug-likeness (QED) is 0.416. The van der Waals surface area contributed by atoms with Crippen LogP contribution in [0.2, 0.25) is 0 Å². The molecule has 2 aromatic carbocycles. The zero-order chi connectivity index (χ0) is 20.6. The molecule has 0 spiro atoms. The van der Waals surface area contributed by atoms with Gasteiger partial charge in [0.05, 0.1) is 0 Å². The highest BCUT2D eigenvalue weighted by atomic mass is 16.1. The van der Waals surface area contributed by atoms with Crippen molar-refractivity contribution in [1.82, 2.24) is 15.3 Å². The predicted octanol–water partition coefficient (Wildman–Crippen LogP) is 5.03. The van der Waals surface area contributed by atoms with Gasteiger partial charge in [-0.05, 0) is 48.1 Å². The van der Waals surface area contributed by atoms with Crippen LogP contribution < -0.4 is 5.32 Å². The van der Waals surface area contributed by atoms with Crippen LogP contribution >= 0.6 is 0 Å². The monoisotopic (exact) mass is 397 g/mol. The van der Waals surface area contributed by atoms with E-state index in [0.29, 0.717) is 13.0 Å². The van der Waals surface area contributed by atoms with Crippen molar-refractivity contribution >= 4 is 16.8 Å². The number of benzene rings is 2. The minimum Gasteiger partial charge on any atom is -0.361 e. The Morgan fingerprint density at radius 1 is 0.933 bits per heavy atom. The van der Waals surface area contributed by atoms with Gasteiger partial charge in [0.15, 0.2) is 0 Å². The number of amides is 1. The molecule has 2 heterocycles. The summed E-state index contributed by atoms with van der Waals surface area (Å²) in [5.74, 6) is 0.255. The minimum atomic E-state index is 0.0919. The Hall–Kier alpha value is -3.40. The summed E-state index contributed by atoms with van der Waals surface area (Å²) in [5, 5.41) is 4.29. The van der Waals surface area contributed by atoms with E-state index in [1.54, 1.807) is 6.20 Å². The number of hydrogen-bond acceptors (Lipinski definition) is 2. The van der Waals surface area contributed by atoms with Gasteiger partial charge in [-0.1, -0.05) is 54.6 Å². The fourth-order valence-electron chi connectivity index (χ4n) is 3.96. The molecule has 30 heavy (non-hydrogen) atoms. The van der Waals surface area contributed by atoms with E-state index in [1.807, 2.05) is 30.3 Å². The highest BCUT2D eigenvalue weighted by molar-refractivity contribution is 5.85. The number of H-pyrrole nitrogens is 1. The molecular formula is C26H27N3O. The lowest BCUT2D eigenvalue weighted by Gasteiger charge is -2.17. The van der Waals surface area contributed by atoms with Gasteiger partial charge in [0, 0.05) is 48.4 Å². The molecule has 0 unspecified atom stereocenters. The number of hydrogen-bond donors (Lipinski definition) is 2. The van der Waals surface area contributed by atoms with E-state index in [2.05, 4.69) is 63.9 Å². The molecule has 0 fully saturated rings. The maximum Gasteiger partial charge on any atom is 0.220 e. The number of aromatic amines is 1. The van der Waals surface area contributed by atoms with Crippen molar-refractivity contribution in [1.29, 1.82) is 0 Å². The van der Waals surface area contributed by atoms with Crippen molar-refractivity contribution in [3.8, 4) is 0 Å². The molecule has 0 aliphatic carbocycles. The second-order valence-corrected chi connectivity index (χ2v) is 7.64. The van der Waals surface area contributed by atoms with E-state index >= 15 is 0 Å². The zero-order valence-electron chi connectivity index (χ0n) is 17.1. The first-order chi connectivity index (χ1) is 14.8. The number of aryl methyl sites for hydroxylation is 1. The van der Waals surface area contributed by atoms with Crippen molar-refractivity contribution in [2.45, 2.75) is 31.6 Å². The second kappa shape index (κ2) is 9.88. The summed E-state index contributed by atoms with van der Waals surface area (Å²) in [6, 6.07) is 24.7. The SMILES string of the molecule is O=C(C[C@@H](CCc1ccccc1)c1c[nH]c2ccccc12)NCCc1ccccn1. The average Bonchev–Trinajstić information content (AvgIpc) is 3.22. The van der Waals surface area contributed by atoms with E-state index in [0.717, 1.165) is 30.5 Å². The molecule has 4 nitrogen and oxygen atoms in total. The lowest BCUT2D eigenvalue weighted by Crippen LogP contribution is -2.27. The smallest absolute Gasteiger partial charge is 0.220 e. The van der Waals surface area contributed by atoms with Crippen LogP contribution in [0.25, 0.3) is 10.9 Å². The summed E-state index contributed by atoms with van der Waals surface area (Å²) in [5.41, 5.74) is 4.64. The van der Waals surface area contributed by atoms with Gasteiger partial charge >= 0.3 is 0 Å². The molecule has 2 aromatic heterocycles. The molecular weight excluding hydrogens is 370 g/mol. The maximum absolute atomic E-state index is 12.7. The molecule has 0 bridgehead atoms. The number of nitrogens with one attached hydrogen (secondary N) is 2. The largest absolute Gasteiger partial charge is 0.361 e. The molecule has 0 radical (unpaired) electrons. The van der Waals surface area contributed by atoms with Crippen LogP contribution in [0.5, 0.6) is 0 Å². The first kappa shape index (κ1) is 19.9. The third-order valence-corrected chi connectivity index (χ3v) is 5.55. The lowest BCUT2D eigenvalue weighted by atomic mass is 9.89. The molecule has 4 aromatic rings. The Balaban J connectivity index is 1.43. The lowest BCUT2D eigenvalue weighted by molar-refractivity contribution is -0.121. The highest BCUT2D eigenvalue weighted by Crippen LogP contribution is 2.31. The van der Waals surface area contributed by atoms with Crippen LogP contribution in [0.15, 0.2) is 85.2 Å². The van der Waals surface area contributed by atoms with E-state index < -0.39 is 0 Å². The zero-order valence-corrected chi connectivity index (χ0v) is 17.1. The average molecular weight is 398 g/mol. The first-order valence-electron chi connectivity index (χ1n) is 10.6. The molecule has 1 atom stereocenters. The summed E-state index contributed by atoms with van der Waals surface area (Å²) < 4.78 is 0. The Morgan fingerprint density at radius 3 is 2.57 bits per heavy atom. The molecule has 152 valence electrons. The van der Waals surface area contributed by atoms with Crippen LogP contribution in [0.1, 0.15) is 35.6 Å². The molecule has 4 rings (SSSR count). The molecule has 4 heteroatoms. The standard InChI is InChI=1S/C26H27N3O/c30-26(28-17-15-22-10-6-7-16-27-22)18-21(14-13-20-8-2-1-3-9-20)24-19-29-25-12-5-4-11-23(24)25/h1-12,16,19,21,29H,13-15,17-18H2,(H,28,30)/t21-/m1/s1. The number of rotatable bonds is 9. The molecule has 1 amide bonds. The third-order valence-electron chi connectivity index (χ3n) is 5.55. The molecule has 0 saturated carbocycles. The molecule has 0 saturated heterocycles. The third kappa shape index (κ3) is 5.15. The van der Waals surface area contributed by atoms with Gasteiger partial charge in [0.1, 0.15) is 0 Å². The summed E-state index contributed by atoms with van der Waals surface area (Å²) in [6.45, 7) is 0.606. The number of carbonyl (C=O) groups is 1. The normalized spacial score (nSPS) is 12.0. The van der Waals surface area contributed by atoms with Gasteiger partial charge in [-0.3, -0.25) is 9.78 Å². The molecule has 2 N–H and O–H groups in total. The summed E-state index contributed by atoms with van der Waals surface area (Å²) in [6.07, 6.45) is 6.96. The summed E-state index contributed by atoms with van der Waals surface area (Å²) in [4.78, 5) is 20.4. The van der Waals surface area contributed by atoms with Crippen molar-refractivity contribution in [3.05, 3.63) is 102 Å². The predicted molar refractivity (Wildman–Crippen MR) is 121 cm³/mol. The van der Waals surface area contributed by atoms with Crippen molar-refractivity contribution < 1.29 is 4.79 Å². The van der Waals surface area contributed by atoms with Gasteiger partial charge in [-0.2, -0.15) is 0 Å². The minimum absolute atomic E-state index is 0.0919. The van der Waals surface area contributed by atoms with Crippen LogP contribution in [0.4, 0.5) is 0 Å². The van der Waals surface area contributed by atoms with Crippen molar-refractivity contribution in [3.63, 3.8) is 0 Å². The van der Waals surface area contributed by atoms with Crippen LogP contribution in [-0.2, 0) is 17.6 Å². The van der Waals surface area contributed by atoms with Crippen molar-refractivity contribution in [2.75, 3.05) is 6.54 Å². The number of nitrogens with zero attached hydrogens (tertiary/aromatic N) is 1.